The first-order valence-corrected chi connectivity index (χ1v) is 7.05. The van der Waals surface area contributed by atoms with Crippen molar-refractivity contribution >= 4 is 16.3 Å². The lowest BCUT2D eigenvalue weighted by Crippen LogP contribution is -2.27. The molecule has 19 heavy (non-hydrogen) atoms. The third-order valence-corrected chi connectivity index (χ3v) is 3.46. The van der Waals surface area contributed by atoms with Crippen molar-refractivity contribution in [3.05, 3.63) is 29.1 Å². The van der Waals surface area contributed by atoms with Crippen LogP contribution >= 0.6 is 0 Å². The molecule has 1 atom stereocenters. The second kappa shape index (κ2) is 6.09. The van der Waals surface area contributed by atoms with Crippen molar-refractivity contribution in [1.82, 2.24) is 9.71 Å². The Morgan fingerprint density at radius 2 is 2.16 bits per heavy atom. The molecule has 3 N–H and O–H groups in total. The van der Waals surface area contributed by atoms with E-state index in [1.54, 1.807) is 19.1 Å². The number of rotatable bonds is 5. The molecule has 1 unspecified atom stereocenters. The van der Waals surface area contributed by atoms with E-state index in [1.807, 2.05) is 4.72 Å². The second-order valence-electron chi connectivity index (χ2n) is 3.98. The molecule has 0 fully saturated rings. The first kappa shape index (κ1) is 15.5. The lowest BCUT2D eigenvalue weighted by Gasteiger charge is -2.14. The van der Waals surface area contributed by atoms with E-state index < -0.39 is 22.2 Å². The summed E-state index contributed by atoms with van der Waals surface area (Å²) in [4.78, 5) is 16.0. The number of carbonyl (C=O) groups is 1. The van der Waals surface area contributed by atoms with Gasteiger partial charge in [-0.1, -0.05) is 6.07 Å². The Morgan fingerprint density at radius 1 is 1.53 bits per heavy atom. The van der Waals surface area contributed by atoms with E-state index in [9.17, 15) is 13.2 Å². The standard InChI is InChI=1S/C11H17N3O4S/c1-7-4-5-9(6-12)10(14-7)8(2)11(15)18-19(16,17)13-3/h4-5,8,13H,6,12H2,1-3H3. The van der Waals surface area contributed by atoms with Crippen LogP contribution in [0.15, 0.2) is 12.1 Å². The summed E-state index contributed by atoms with van der Waals surface area (Å²) in [5.41, 5.74) is 7.39. The first-order valence-electron chi connectivity index (χ1n) is 5.64. The quantitative estimate of drug-likeness (QED) is 0.786. The number of nitrogens with one attached hydrogen (secondary N) is 1. The number of hydrogen-bond acceptors (Lipinski definition) is 6. The Bertz CT molecular complexity index is 571. The van der Waals surface area contributed by atoms with Gasteiger partial charge < -0.3 is 9.92 Å². The van der Waals surface area contributed by atoms with E-state index in [-0.39, 0.29) is 6.54 Å². The number of aromatic nitrogens is 1. The van der Waals surface area contributed by atoms with Crippen LogP contribution < -0.4 is 10.5 Å². The van der Waals surface area contributed by atoms with E-state index in [1.165, 1.54) is 6.92 Å². The van der Waals surface area contributed by atoms with Crippen LogP contribution in [0.3, 0.4) is 0 Å². The molecule has 0 aromatic carbocycles. The zero-order chi connectivity index (χ0) is 14.6. The summed E-state index contributed by atoms with van der Waals surface area (Å²) >= 11 is 0. The lowest BCUT2D eigenvalue weighted by atomic mass is 10.0. The van der Waals surface area contributed by atoms with Crippen LogP contribution in [0.2, 0.25) is 0 Å². The largest absolute Gasteiger partial charge is 0.384 e. The van der Waals surface area contributed by atoms with Crippen LogP contribution in [0.25, 0.3) is 0 Å². The fourth-order valence-corrected chi connectivity index (χ4v) is 1.93. The van der Waals surface area contributed by atoms with E-state index in [0.29, 0.717) is 17.0 Å². The Morgan fingerprint density at radius 3 is 2.68 bits per heavy atom. The van der Waals surface area contributed by atoms with Gasteiger partial charge >= 0.3 is 16.3 Å². The van der Waals surface area contributed by atoms with Gasteiger partial charge in [0, 0.05) is 19.3 Å². The number of aryl methyl sites for hydroxylation is 1. The van der Waals surface area contributed by atoms with Crippen molar-refractivity contribution < 1.29 is 17.4 Å². The average molecular weight is 287 g/mol. The molecule has 8 heteroatoms. The van der Waals surface area contributed by atoms with Gasteiger partial charge in [0.25, 0.3) is 0 Å². The molecule has 0 saturated carbocycles. The zero-order valence-corrected chi connectivity index (χ0v) is 11.8. The molecule has 0 amide bonds. The molecule has 0 saturated heterocycles. The predicted octanol–water partition coefficient (Wildman–Crippen LogP) is -0.0404. The summed E-state index contributed by atoms with van der Waals surface area (Å²) in [7, 11) is -2.90. The van der Waals surface area contributed by atoms with E-state index in [4.69, 9.17) is 5.73 Å². The number of hydrogen-bond donors (Lipinski definition) is 2. The summed E-state index contributed by atoms with van der Waals surface area (Å²) in [6, 6.07) is 3.53. The van der Waals surface area contributed by atoms with E-state index >= 15 is 0 Å². The van der Waals surface area contributed by atoms with Crippen molar-refractivity contribution in [1.29, 1.82) is 0 Å². The van der Waals surface area contributed by atoms with Crippen molar-refractivity contribution in [3.63, 3.8) is 0 Å². The predicted molar refractivity (Wildman–Crippen MR) is 69.4 cm³/mol. The van der Waals surface area contributed by atoms with Gasteiger partial charge in [0.15, 0.2) is 0 Å². The van der Waals surface area contributed by atoms with Gasteiger partial charge in [-0.15, -0.1) is 0 Å². The molecule has 0 radical (unpaired) electrons. The minimum Gasteiger partial charge on any atom is -0.333 e. The highest BCUT2D eigenvalue weighted by molar-refractivity contribution is 7.85. The topological polar surface area (TPSA) is 111 Å². The van der Waals surface area contributed by atoms with Crippen molar-refractivity contribution in [3.8, 4) is 0 Å². The van der Waals surface area contributed by atoms with Crippen molar-refractivity contribution in [2.75, 3.05) is 7.05 Å². The molecule has 0 bridgehead atoms. The maximum atomic E-state index is 11.8. The lowest BCUT2D eigenvalue weighted by molar-refractivity contribution is -0.135. The van der Waals surface area contributed by atoms with Gasteiger partial charge in [0.1, 0.15) is 0 Å². The molecular formula is C11H17N3O4S. The Labute approximate surface area is 112 Å². The normalized spacial score (nSPS) is 13.1. The van der Waals surface area contributed by atoms with Crippen LogP contribution in [0.1, 0.15) is 29.8 Å². The summed E-state index contributed by atoms with van der Waals surface area (Å²) in [5.74, 6) is -1.72. The molecule has 1 aromatic heterocycles. The first-order chi connectivity index (χ1) is 8.80. The fraction of sp³-hybridized carbons (Fsp3) is 0.455. The SMILES string of the molecule is CNS(=O)(=O)OC(=O)C(C)c1nc(C)ccc1CN. The Hall–Kier alpha value is -1.51. The summed E-state index contributed by atoms with van der Waals surface area (Å²) in [6.07, 6.45) is 0. The van der Waals surface area contributed by atoms with E-state index in [2.05, 4.69) is 9.17 Å². The molecule has 106 valence electrons. The smallest absolute Gasteiger partial charge is 0.333 e. The zero-order valence-electron chi connectivity index (χ0n) is 11.0. The third kappa shape index (κ3) is 3.98. The maximum Gasteiger partial charge on any atom is 0.384 e. The number of nitrogens with zero attached hydrogens (tertiary/aromatic N) is 1. The molecule has 0 aliphatic carbocycles. The summed E-state index contributed by atoms with van der Waals surface area (Å²) in [6.45, 7) is 3.50. The van der Waals surface area contributed by atoms with Crippen LogP contribution in [-0.2, 0) is 25.8 Å². The summed E-state index contributed by atoms with van der Waals surface area (Å²) < 4.78 is 28.6. The van der Waals surface area contributed by atoms with Crippen LogP contribution in [-0.4, -0.2) is 26.4 Å². The highest BCUT2D eigenvalue weighted by Crippen LogP contribution is 2.20. The van der Waals surface area contributed by atoms with Gasteiger partial charge in [0.2, 0.25) is 0 Å². The van der Waals surface area contributed by atoms with Gasteiger partial charge in [-0.25, -0.2) is 0 Å². The Balaban J connectivity index is 3.03. The molecular weight excluding hydrogens is 270 g/mol. The summed E-state index contributed by atoms with van der Waals surface area (Å²) in [5, 5.41) is 0. The number of pyridine rings is 1. The molecule has 1 aromatic rings. The average Bonchev–Trinajstić information content (AvgIpc) is 2.37. The molecule has 1 heterocycles. The molecule has 0 spiro atoms. The minimum atomic E-state index is -4.06. The third-order valence-electron chi connectivity index (χ3n) is 2.58. The maximum absolute atomic E-state index is 11.8. The minimum absolute atomic E-state index is 0.207. The number of carbonyl (C=O) groups excluding carboxylic acids is 1. The monoisotopic (exact) mass is 287 g/mol. The molecule has 1 rings (SSSR count). The second-order valence-corrected chi connectivity index (χ2v) is 5.47. The van der Waals surface area contributed by atoms with Gasteiger partial charge in [-0.2, -0.15) is 13.1 Å². The molecule has 7 nitrogen and oxygen atoms in total. The van der Waals surface area contributed by atoms with Crippen LogP contribution in [0, 0.1) is 6.92 Å². The van der Waals surface area contributed by atoms with Gasteiger partial charge in [-0.05, 0) is 25.5 Å². The fourth-order valence-electron chi connectivity index (χ4n) is 1.49. The van der Waals surface area contributed by atoms with Crippen molar-refractivity contribution in [2.45, 2.75) is 26.3 Å². The van der Waals surface area contributed by atoms with E-state index in [0.717, 1.165) is 7.05 Å². The molecule has 0 aliphatic rings. The van der Waals surface area contributed by atoms with Crippen LogP contribution in [0.4, 0.5) is 0 Å². The number of nitrogens with two attached hydrogens (primary N) is 1. The highest BCUT2D eigenvalue weighted by Gasteiger charge is 2.25. The van der Waals surface area contributed by atoms with Crippen LogP contribution in [0.5, 0.6) is 0 Å². The Kier molecular flexibility index (Phi) is 4.98. The molecule has 0 aliphatic heterocycles. The highest BCUT2D eigenvalue weighted by atomic mass is 32.2. The van der Waals surface area contributed by atoms with Crippen molar-refractivity contribution in [2.24, 2.45) is 5.73 Å². The van der Waals surface area contributed by atoms with Gasteiger partial charge in [-0.3, -0.25) is 9.78 Å². The van der Waals surface area contributed by atoms with Gasteiger partial charge in [0.05, 0.1) is 11.6 Å².